The predicted octanol–water partition coefficient (Wildman–Crippen LogP) is 4.69. The zero-order chi connectivity index (χ0) is 17.9. The molecule has 2 aromatic heterocycles. The van der Waals surface area contributed by atoms with Crippen LogP contribution in [0.5, 0.6) is 0 Å². The van der Waals surface area contributed by atoms with E-state index in [9.17, 15) is 0 Å². The highest BCUT2D eigenvalue weighted by Crippen LogP contribution is 2.28. The molecule has 0 atom stereocenters. The molecule has 0 N–H and O–H groups in total. The lowest BCUT2D eigenvalue weighted by molar-refractivity contribution is 0.755. The molecule has 0 fully saturated rings. The number of tetrazole rings is 1. The summed E-state index contributed by atoms with van der Waals surface area (Å²) in [6, 6.07) is 16.6. The molecule has 0 bridgehead atoms. The Kier molecular flexibility index (Phi) is 4.81. The maximum Gasteiger partial charge on any atom is 0.214 e. The molecule has 0 amide bonds. The quantitative estimate of drug-likeness (QED) is 0.471. The minimum absolute atomic E-state index is 0.731. The van der Waals surface area contributed by atoms with E-state index >= 15 is 0 Å². The SMILES string of the molecule is Cc1ccc(-c2nc(CSc3nnnn3-c3cccc(C)c3)cs2)cc1. The molecule has 0 aliphatic rings. The molecule has 0 aliphatic heterocycles. The van der Waals surface area contributed by atoms with Gasteiger partial charge in [-0.3, -0.25) is 0 Å². The lowest BCUT2D eigenvalue weighted by Gasteiger charge is -2.04. The Balaban J connectivity index is 1.49. The second-order valence-electron chi connectivity index (χ2n) is 6.01. The van der Waals surface area contributed by atoms with E-state index < -0.39 is 0 Å². The van der Waals surface area contributed by atoms with Crippen molar-refractivity contribution < 1.29 is 0 Å². The molecule has 4 rings (SSSR count). The van der Waals surface area contributed by atoms with Crippen molar-refractivity contribution in [1.82, 2.24) is 25.2 Å². The van der Waals surface area contributed by atoms with Gasteiger partial charge in [0.25, 0.3) is 0 Å². The van der Waals surface area contributed by atoms with Gasteiger partial charge in [-0.25, -0.2) is 4.98 Å². The van der Waals surface area contributed by atoms with Crippen molar-refractivity contribution in [2.75, 3.05) is 0 Å². The fourth-order valence-electron chi connectivity index (χ4n) is 2.53. The average molecular weight is 380 g/mol. The van der Waals surface area contributed by atoms with Gasteiger partial charge in [0, 0.05) is 16.7 Å². The zero-order valence-corrected chi connectivity index (χ0v) is 16.1. The number of hydrogen-bond donors (Lipinski definition) is 0. The van der Waals surface area contributed by atoms with Crippen molar-refractivity contribution in [3.63, 3.8) is 0 Å². The first-order valence-corrected chi connectivity index (χ1v) is 10.1. The lowest BCUT2D eigenvalue weighted by Crippen LogP contribution is -1.99. The first-order chi connectivity index (χ1) is 12.7. The van der Waals surface area contributed by atoms with E-state index in [-0.39, 0.29) is 0 Å². The van der Waals surface area contributed by atoms with Crippen LogP contribution in [0.15, 0.2) is 59.1 Å². The molecule has 130 valence electrons. The normalized spacial score (nSPS) is 11.0. The third kappa shape index (κ3) is 3.68. The molecule has 0 aliphatic carbocycles. The first kappa shape index (κ1) is 16.9. The number of aromatic nitrogens is 5. The van der Waals surface area contributed by atoms with Crippen LogP contribution in [0.25, 0.3) is 16.3 Å². The van der Waals surface area contributed by atoms with Crippen LogP contribution in [-0.4, -0.2) is 25.2 Å². The summed E-state index contributed by atoms with van der Waals surface area (Å²) < 4.78 is 1.77. The van der Waals surface area contributed by atoms with Gasteiger partial charge in [-0.2, -0.15) is 4.68 Å². The van der Waals surface area contributed by atoms with Crippen LogP contribution in [0, 0.1) is 13.8 Å². The van der Waals surface area contributed by atoms with E-state index in [0.717, 1.165) is 32.9 Å². The summed E-state index contributed by atoms with van der Waals surface area (Å²) in [4.78, 5) is 4.75. The van der Waals surface area contributed by atoms with Gasteiger partial charge in [-0.1, -0.05) is 53.7 Å². The van der Waals surface area contributed by atoms with E-state index in [0.29, 0.717) is 0 Å². The standard InChI is InChI=1S/C19H17N5S2/c1-13-6-8-15(9-7-13)18-20-16(11-25-18)12-26-19-21-22-23-24(19)17-5-3-4-14(2)10-17/h3-11H,12H2,1-2H3. The molecule has 4 aromatic rings. The number of hydrogen-bond acceptors (Lipinski definition) is 6. The van der Waals surface area contributed by atoms with Gasteiger partial charge in [0.15, 0.2) is 0 Å². The van der Waals surface area contributed by atoms with Crippen molar-refractivity contribution in [1.29, 1.82) is 0 Å². The van der Waals surface area contributed by atoms with Crippen molar-refractivity contribution >= 4 is 23.1 Å². The van der Waals surface area contributed by atoms with Gasteiger partial charge >= 0.3 is 0 Å². The highest BCUT2D eigenvalue weighted by Gasteiger charge is 2.11. The molecule has 0 spiro atoms. The summed E-state index contributed by atoms with van der Waals surface area (Å²) in [7, 11) is 0. The molecule has 0 radical (unpaired) electrons. The largest absolute Gasteiger partial charge is 0.240 e. The van der Waals surface area contributed by atoms with Gasteiger partial charge < -0.3 is 0 Å². The Morgan fingerprint density at radius 2 is 1.88 bits per heavy atom. The number of benzene rings is 2. The van der Waals surface area contributed by atoms with Crippen LogP contribution >= 0.6 is 23.1 Å². The fourth-order valence-corrected chi connectivity index (χ4v) is 4.25. The Bertz CT molecular complexity index is 1020. The summed E-state index contributed by atoms with van der Waals surface area (Å²) in [5.41, 5.74) is 5.59. The van der Waals surface area contributed by atoms with Gasteiger partial charge in [0.1, 0.15) is 5.01 Å². The summed E-state index contributed by atoms with van der Waals surface area (Å²) in [5, 5.41) is 16.0. The highest BCUT2D eigenvalue weighted by molar-refractivity contribution is 7.98. The molecular formula is C19H17N5S2. The maximum atomic E-state index is 4.75. The van der Waals surface area contributed by atoms with Gasteiger partial charge in [-0.05, 0) is 42.0 Å². The van der Waals surface area contributed by atoms with Gasteiger partial charge in [0.2, 0.25) is 5.16 Å². The van der Waals surface area contributed by atoms with Crippen molar-refractivity contribution in [2.45, 2.75) is 24.8 Å². The third-order valence-corrected chi connectivity index (χ3v) is 5.78. The number of aryl methyl sites for hydroxylation is 2. The van der Waals surface area contributed by atoms with Crippen LogP contribution in [0.3, 0.4) is 0 Å². The maximum absolute atomic E-state index is 4.75. The van der Waals surface area contributed by atoms with Gasteiger partial charge in [-0.15, -0.1) is 16.4 Å². The first-order valence-electron chi connectivity index (χ1n) is 8.19. The number of thiazole rings is 1. The van der Waals surface area contributed by atoms with Crippen molar-refractivity contribution in [3.8, 4) is 16.3 Å². The van der Waals surface area contributed by atoms with Crippen molar-refractivity contribution in [3.05, 3.63) is 70.7 Å². The smallest absolute Gasteiger partial charge is 0.214 e. The Labute approximate surface area is 160 Å². The Morgan fingerprint density at radius 3 is 2.69 bits per heavy atom. The Hall–Kier alpha value is -2.51. The van der Waals surface area contributed by atoms with Crippen LogP contribution in [0.2, 0.25) is 0 Å². The van der Waals surface area contributed by atoms with E-state index in [1.54, 1.807) is 27.8 Å². The molecule has 0 unspecified atom stereocenters. The molecule has 0 saturated heterocycles. The van der Waals surface area contributed by atoms with Crippen LogP contribution < -0.4 is 0 Å². The molecular weight excluding hydrogens is 362 g/mol. The average Bonchev–Trinajstić information content (AvgIpc) is 3.30. The molecule has 5 nitrogen and oxygen atoms in total. The van der Waals surface area contributed by atoms with E-state index in [1.165, 1.54) is 11.1 Å². The molecule has 0 saturated carbocycles. The fraction of sp³-hybridized carbons (Fsp3) is 0.158. The predicted molar refractivity (Wildman–Crippen MR) is 106 cm³/mol. The molecule has 7 heteroatoms. The molecule has 2 heterocycles. The summed E-state index contributed by atoms with van der Waals surface area (Å²) >= 11 is 3.25. The summed E-state index contributed by atoms with van der Waals surface area (Å²) in [6.45, 7) is 4.15. The van der Waals surface area contributed by atoms with Crippen LogP contribution in [-0.2, 0) is 5.75 Å². The van der Waals surface area contributed by atoms with E-state index in [2.05, 4.69) is 71.2 Å². The number of thioether (sulfide) groups is 1. The second kappa shape index (κ2) is 7.39. The topological polar surface area (TPSA) is 56.5 Å². The third-order valence-electron chi connectivity index (χ3n) is 3.89. The van der Waals surface area contributed by atoms with E-state index in [4.69, 9.17) is 4.98 Å². The van der Waals surface area contributed by atoms with Crippen molar-refractivity contribution in [2.24, 2.45) is 0 Å². The lowest BCUT2D eigenvalue weighted by atomic mass is 10.2. The monoisotopic (exact) mass is 379 g/mol. The second-order valence-corrected chi connectivity index (χ2v) is 7.81. The number of rotatable bonds is 5. The molecule has 26 heavy (non-hydrogen) atoms. The molecule has 2 aromatic carbocycles. The highest BCUT2D eigenvalue weighted by atomic mass is 32.2. The summed E-state index contributed by atoms with van der Waals surface area (Å²) in [6.07, 6.45) is 0. The zero-order valence-electron chi connectivity index (χ0n) is 14.5. The van der Waals surface area contributed by atoms with Gasteiger partial charge in [0.05, 0.1) is 11.4 Å². The minimum Gasteiger partial charge on any atom is -0.240 e. The van der Waals surface area contributed by atoms with Crippen LogP contribution in [0.4, 0.5) is 0 Å². The van der Waals surface area contributed by atoms with E-state index in [1.807, 2.05) is 12.1 Å². The van der Waals surface area contributed by atoms with Crippen LogP contribution in [0.1, 0.15) is 16.8 Å². The summed E-state index contributed by atoms with van der Waals surface area (Å²) in [5.74, 6) is 0.731. The Morgan fingerprint density at radius 1 is 1.04 bits per heavy atom. The number of nitrogens with zero attached hydrogens (tertiary/aromatic N) is 5. The minimum atomic E-state index is 0.731.